The van der Waals surface area contributed by atoms with Crippen LogP contribution >= 0.6 is 0 Å². The van der Waals surface area contributed by atoms with Crippen molar-refractivity contribution in [3.63, 3.8) is 0 Å². The van der Waals surface area contributed by atoms with Gasteiger partial charge in [-0.1, -0.05) is 0 Å². The third-order valence-electron chi connectivity index (χ3n) is 3.42. The largest absolute Gasteiger partial charge is 0.478 e. The van der Waals surface area contributed by atoms with E-state index in [9.17, 15) is 14.7 Å². The molecule has 0 aliphatic carbocycles. The Morgan fingerprint density at radius 1 is 1.16 bits per heavy atom. The SMILES string of the molecule is Cc1cc2c(Oc3cnc(C(=O)N(C)C)nc3)cc(C(=O)O)cc2o1. The highest BCUT2D eigenvalue weighted by atomic mass is 16.5. The van der Waals surface area contributed by atoms with E-state index < -0.39 is 5.97 Å². The van der Waals surface area contributed by atoms with E-state index in [1.54, 1.807) is 27.1 Å². The molecule has 2 heterocycles. The molecular formula is C17H15N3O5. The Balaban J connectivity index is 1.97. The first-order valence-corrected chi connectivity index (χ1v) is 7.34. The lowest BCUT2D eigenvalue weighted by molar-refractivity contribution is 0.0696. The number of amides is 1. The first kappa shape index (κ1) is 16.4. The molecule has 1 N–H and O–H groups in total. The van der Waals surface area contributed by atoms with Crippen molar-refractivity contribution in [2.75, 3.05) is 14.1 Å². The van der Waals surface area contributed by atoms with Crippen molar-refractivity contribution in [2.45, 2.75) is 6.92 Å². The maximum absolute atomic E-state index is 11.8. The van der Waals surface area contributed by atoms with Crippen LogP contribution in [0.15, 0.2) is 35.0 Å². The molecule has 3 aromatic rings. The number of aromatic carboxylic acids is 1. The lowest BCUT2D eigenvalue weighted by atomic mass is 10.1. The van der Waals surface area contributed by atoms with Crippen LogP contribution in [0.4, 0.5) is 0 Å². The normalized spacial score (nSPS) is 10.7. The molecule has 25 heavy (non-hydrogen) atoms. The lowest BCUT2D eigenvalue weighted by Crippen LogP contribution is -2.23. The molecule has 0 bridgehead atoms. The van der Waals surface area contributed by atoms with Gasteiger partial charge in [-0.05, 0) is 25.1 Å². The molecular weight excluding hydrogens is 326 g/mol. The Morgan fingerprint density at radius 3 is 2.44 bits per heavy atom. The fourth-order valence-corrected chi connectivity index (χ4v) is 2.25. The summed E-state index contributed by atoms with van der Waals surface area (Å²) in [6, 6.07) is 4.59. The average molecular weight is 341 g/mol. The quantitative estimate of drug-likeness (QED) is 0.777. The number of rotatable bonds is 4. The smallest absolute Gasteiger partial charge is 0.335 e. The first-order chi connectivity index (χ1) is 11.8. The van der Waals surface area contributed by atoms with Crippen LogP contribution in [0.2, 0.25) is 0 Å². The van der Waals surface area contributed by atoms with Crippen LogP contribution in [-0.2, 0) is 0 Å². The molecule has 0 aliphatic rings. The molecule has 2 aromatic heterocycles. The summed E-state index contributed by atoms with van der Waals surface area (Å²) in [7, 11) is 3.21. The zero-order valence-corrected chi connectivity index (χ0v) is 13.8. The van der Waals surface area contributed by atoms with Gasteiger partial charge < -0.3 is 19.2 Å². The van der Waals surface area contributed by atoms with Crippen LogP contribution in [0.1, 0.15) is 26.7 Å². The number of carbonyl (C=O) groups excluding carboxylic acids is 1. The van der Waals surface area contributed by atoms with Gasteiger partial charge in [0.25, 0.3) is 5.91 Å². The van der Waals surface area contributed by atoms with Crippen molar-refractivity contribution in [2.24, 2.45) is 0 Å². The summed E-state index contributed by atoms with van der Waals surface area (Å²) in [5.74, 6) is -0.164. The van der Waals surface area contributed by atoms with Crippen molar-refractivity contribution in [1.29, 1.82) is 0 Å². The summed E-state index contributed by atoms with van der Waals surface area (Å²) < 4.78 is 11.2. The predicted molar refractivity (Wildman–Crippen MR) is 88.0 cm³/mol. The topological polar surface area (TPSA) is 106 Å². The van der Waals surface area contributed by atoms with Crippen molar-refractivity contribution >= 4 is 22.8 Å². The molecule has 1 amide bonds. The minimum Gasteiger partial charge on any atom is -0.478 e. The molecule has 0 unspecified atom stereocenters. The van der Waals surface area contributed by atoms with Crippen molar-refractivity contribution in [3.05, 3.63) is 47.7 Å². The summed E-state index contributed by atoms with van der Waals surface area (Å²) in [6.45, 7) is 1.76. The van der Waals surface area contributed by atoms with Crippen LogP contribution in [0.25, 0.3) is 11.0 Å². The molecule has 1 aromatic carbocycles. The van der Waals surface area contributed by atoms with Crippen LogP contribution in [0.5, 0.6) is 11.5 Å². The van der Waals surface area contributed by atoms with Gasteiger partial charge >= 0.3 is 5.97 Å². The molecule has 0 radical (unpaired) electrons. The van der Waals surface area contributed by atoms with Crippen molar-refractivity contribution in [3.8, 4) is 11.5 Å². The number of fused-ring (bicyclic) bond motifs is 1. The highest BCUT2D eigenvalue weighted by Gasteiger charge is 2.15. The van der Waals surface area contributed by atoms with Gasteiger partial charge in [0.05, 0.1) is 23.3 Å². The number of carboxylic acid groups (broad SMARTS) is 1. The standard InChI is InChI=1S/C17H15N3O5/c1-9-4-12-13(24-9)5-10(17(22)23)6-14(12)25-11-7-18-15(19-8-11)16(21)20(2)3/h4-8H,1-3H3,(H,22,23). The van der Waals surface area contributed by atoms with Gasteiger partial charge in [-0.15, -0.1) is 0 Å². The molecule has 0 saturated heterocycles. The highest BCUT2D eigenvalue weighted by molar-refractivity contribution is 5.96. The third kappa shape index (κ3) is 3.27. The van der Waals surface area contributed by atoms with Crippen molar-refractivity contribution < 1.29 is 23.8 Å². The van der Waals surface area contributed by atoms with Crippen LogP contribution in [-0.4, -0.2) is 45.9 Å². The Kier molecular flexibility index (Phi) is 4.10. The monoisotopic (exact) mass is 341 g/mol. The zero-order valence-electron chi connectivity index (χ0n) is 13.8. The van der Waals surface area contributed by atoms with Gasteiger partial charge in [0.15, 0.2) is 5.75 Å². The molecule has 0 aliphatic heterocycles. The number of ether oxygens (including phenoxy) is 1. The highest BCUT2D eigenvalue weighted by Crippen LogP contribution is 2.33. The number of hydrogen-bond acceptors (Lipinski definition) is 6. The van der Waals surface area contributed by atoms with E-state index in [4.69, 9.17) is 9.15 Å². The third-order valence-corrected chi connectivity index (χ3v) is 3.42. The molecule has 8 nitrogen and oxygen atoms in total. The summed E-state index contributed by atoms with van der Waals surface area (Å²) >= 11 is 0. The molecule has 0 atom stereocenters. The van der Waals surface area contributed by atoms with Gasteiger partial charge in [0.1, 0.15) is 17.1 Å². The minimum absolute atomic E-state index is 0.0391. The number of aryl methyl sites for hydroxylation is 1. The maximum atomic E-state index is 11.8. The molecule has 0 fully saturated rings. The Labute approximate surface area is 142 Å². The van der Waals surface area contributed by atoms with E-state index >= 15 is 0 Å². The summed E-state index contributed by atoms with van der Waals surface area (Å²) in [4.78, 5) is 32.4. The van der Waals surface area contributed by atoms with Gasteiger partial charge in [0.2, 0.25) is 5.82 Å². The number of carbonyl (C=O) groups is 2. The number of benzene rings is 1. The van der Waals surface area contributed by atoms with Gasteiger partial charge in [0, 0.05) is 14.1 Å². The number of aromatic nitrogens is 2. The Morgan fingerprint density at radius 2 is 1.84 bits per heavy atom. The fourth-order valence-electron chi connectivity index (χ4n) is 2.25. The average Bonchev–Trinajstić information content (AvgIpc) is 2.95. The van der Waals surface area contributed by atoms with Crippen molar-refractivity contribution in [1.82, 2.24) is 14.9 Å². The first-order valence-electron chi connectivity index (χ1n) is 7.34. The van der Waals surface area contributed by atoms with E-state index in [2.05, 4.69) is 9.97 Å². The van der Waals surface area contributed by atoms with Crippen LogP contribution in [0, 0.1) is 6.92 Å². The summed E-state index contributed by atoms with van der Waals surface area (Å²) in [6.07, 6.45) is 2.71. The number of furan rings is 1. The van der Waals surface area contributed by atoms with Gasteiger partial charge in [-0.25, -0.2) is 14.8 Å². The van der Waals surface area contributed by atoms with E-state index in [0.717, 1.165) is 0 Å². The maximum Gasteiger partial charge on any atom is 0.335 e. The summed E-state index contributed by atoms with van der Waals surface area (Å²) in [5, 5.41) is 9.86. The molecule has 0 saturated carbocycles. The second-order valence-electron chi connectivity index (χ2n) is 5.59. The van der Waals surface area contributed by atoms with Gasteiger partial charge in [-0.3, -0.25) is 4.79 Å². The molecule has 0 spiro atoms. The second-order valence-corrected chi connectivity index (χ2v) is 5.59. The van der Waals surface area contributed by atoms with E-state index in [1.807, 2.05) is 0 Å². The summed E-state index contributed by atoms with van der Waals surface area (Å²) in [5.41, 5.74) is 0.449. The zero-order chi connectivity index (χ0) is 18.1. The predicted octanol–water partition coefficient (Wildman–Crippen LogP) is 2.72. The lowest BCUT2D eigenvalue weighted by Gasteiger charge is -2.10. The van der Waals surface area contributed by atoms with Gasteiger partial charge in [-0.2, -0.15) is 0 Å². The molecule has 128 valence electrons. The minimum atomic E-state index is -1.09. The number of nitrogens with zero attached hydrogens (tertiary/aromatic N) is 3. The molecule has 3 rings (SSSR count). The Bertz CT molecular complexity index is 960. The Hall–Kier alpha value is -3.42. The number of carboxylic acids is 1. The van der Waals surface area contributed by atoms with E-state index in [0.29, 0.717) is 22.5 Å². The van der Waals surface area contributed by atoms with Crippen LogP contribution < -0.4 is 4.74 Å². The molecule has 8 heteroatoms. The van der Waals surface area contributed by atoms with E-state index in [-0.39, 0.29) is 23.0 Å². The fraction of sp³-hybridized carbons (Fsp3) is 0.176. The number of hydrogen-bond donors (Lipinski definition) is 1. The van der Waals surface area contributed by atoms with Crippen LogP contribution in [0.3, 0.4) is 0 Å². The second kappa shape index (κ2) is 6.23. The van der Waals surface area contributed by atoms with E-state index in [1.165, 1.54) is 29.4 Å².